The van der Waals surface area contributed by atoms with Crippen LogP contribution in [0.3, 0.4) is 0 Å². The number of unbranched alkanes of at least 4 members (excludes halogenated alkanes) is 1. The molecule has 3 nitrogen and oxygen atoms in total. The third-order valence-electron chi connectivity index (χ3n) is 3.32. The summed E-state index contributed by atoms with van der Waals surface area (Å²) < 4.78 is 13.7. The maximum atomic E-state index is 13.7. The van der Waals surface area contributed by atoms with Crippen molar-refractivity contribution in [3.63, 3.8) is 0 Å². The topological polar surface area (TPSA) is 40.5 Å². The Balaban J connectivity index is 2.97. The van der Waals surface area contributed by atoms with E-state index in [1.54, 1.807) is 4.90 Å². The SMILES string of the molecule is CCCCN(C(=O)c1ccc(O)cc1F)C(C)CC. The van der Waals surface area contributed by atoms with Crippen LogP contribution in [-0.2, 0) is 0 Å². The van der Waals surface area contributed by atoms with Crippen molar-refractivity contribution in [2.75, 3.05) is 6.54 Å². The summed E-state index contributed by atoms with van der Waals surface area (Å²) in [7, 11) is 0. The van der Waals surface area contributed by atoms with E-state index >= 15 is 0 Å². The van der Waals surface area contributed by atoms with Crippen molar-refractivity contribution in [2.24, 2.45) is 0 Å². The van der Waals surface area contributed by atoms with Crippen molar-refractivity contribution < 1.29 is 14.3 Å². The highest BCUT2D eigenvalue weighted by atomic mass is 19.1. The lowest BCUT2D eigenvalue weighted by Crippen LogP contribution is -2.39. The number of rotatable bonds is 6. The molecule has 1 N–H and O–H groups in total. The maximum absolute atomic E-state index is 13.7. The summed E-state index contributed by atoms with van der Waals surface area (Å²) in [6.07, 6.45) is 2.71. The Morgan fingerprint density at radius 1 is 1.42 bits per heavy atom. The third-order valence-corrected chi connectivity index (χ3v) is 3.32. The Bertz CT molecular complexity index is 434. The molecule has 1 amide bonds. The zero-order chi connectivity index (χ0) is 14.4. The van der Waals surface area contributed by atoms with Crippen molar-refractivity contribution in [2.45, 2.75) is 46.1 Å². The molecule has 0 bridgehead atoms. The number of benzene rings is 1. The van der Waals surface area contributed by atoms with Gasteiger partial charge in [-0.3, -0.25) is 4.79 Å². The largest absolute Gasteiger partial charge is 0.508 e. The molecule has 1 unspecified atom stereocenters. The van der Waals surface area contributed by atoms with Gasteiger partial charge in [0.25, 0.3) is 5.91 Å². The molecule has 1 rings (SSSR count). The van der Waals surface area contributed by atoms with Gasteiger partial charge >= 0.3 is 0 Å². The quantitative estimate of drug-likeness (QED) is 0.856. The third kappa shape index (κ3) is 3.94. The van der Waals surface area contributed by atoms with E-state index in [-0.39, 0.29) is 23.3 Å². The van der Waals surface area contributed by atoms with E-state index in [0.29, 0.717) is 6.54 Å². The van der Waals surface area contributed by atoms with E-state index in [1.165, 1.54) is 12.1 Å². The minimum absolute atomic E-state index is 0.0224. The summed E-state index contributed by atoms with van der Waals surface area (Å²) in [4.78, 5) is 14.1. The Labute approximate surface area is 114 Å². The van der Waals surface area contributed by atoms with Crippen LogP contribution in [0.4, 0.5) is 4.39 Å². The standard InChI is InChI=1S/C15H22FNO2/c1-4-6-9-17(11(3)5-2)15(19)13-8-7-12(18)10-14(13)16/h7-8,10-11,18H,4-6,9H2,1-3H3. The predicted molar refractivity (Wildman–Crippen MR) is 73.8 cm³/mol. The fourth-order valence-corrected chi connectivity index (χ4v) is 1.90. The highest BCUT2D eigenvalue weighted by Crippen LogP contribution is 2.19. The van der Waals surface area contributed by atoms with Crippen LogP contribution in [0.2, 0.25) is 0 Å². The van der Waals surface area contributed by atoms with E-state index in [0.717, 1.165) is 25.3 Å². The lowest BCUT2D eigenvalue weighted by molar-refractivity contribution is 0.0680. The van der Waals surface area contributed by atoms with E-state index in [2.05, 4.69) is 6.92 Å². The number of phenolic OH excluding ortho intramolecular Hbond substituents is 1. The Morgan fingerprint density at radius 2 is 2.11 bits per heavy atom. The fourth-order valence-electron chi connectivity index (χ4n) is 1.90. The lowest BCUT2D eigenvalue weighted by Gasteiger charge is -2.28. The molecule has 4 heteroatoms. The average molecular weight is 267 g/mol. The first-order chi connectivity index (χ1) is 9.01. The van der Waals surface area contributed by atoms with Gasteiger partial charge in [-0.05, 0) is 31.9 Å². The number of hydrogen-bond acceptors (Lipinski definition) is 2. The Morgan fingerprint density at radius 3 is 2.63 bits per heavy atom. The molecule has 0 aliphatic heterocycles. The van der Waals surface area contributed by atoms with Crippen LogP contribution in [0, 0.1) is 5.82 Å². The van der Waals surface area contributed by atoms with Gasteiger partial charge in [-0.2, -0.15) is 0 Å². The molecule has 0 saturated carbocycles. The first-order valence-corrected chi connectivity index (χ1v) is 6.80. The second-order valence-corrected chi connectivity index (χ2v) is 4.77. The summed E-state index contributed by atoms with van der Waals surface area (Å²) in [5.74, 6) is -1.15. The first-order valence-electron chi connectivity index (χ1n) is 6.80. The summed E-state index contributed by atoms with van der Waals surface area (Å²) in [6.45, 7) is 6.65. The number of halogens is 1. The molecular formula is C15H22FNO2. The molecule has 19 heavy (non-hydrogen) atoms. The monoisotopic (exact) mass is 267 g/mol. The van der Waals surface area contributed by atoms with Crippen molar-refractivity contribution in [1.82, 2.24) is 4.90 Å². The van der Waals surface area contributed by atoms with Gasteiger partial charge in [0.2, 0.25) is 0 Å². The van der Waals surface area contributed by atoms with Crippen molar-refractivity contribution in [3.8, 4) is 5.75 Å². The highest BCUT2D eigenvalue weighted by molar-refractivity contribution is 5.94. The molecule has 0 aliphatic carbocycles. The number of hydrogen-bond donors (Lipinski definition) is 1. The van der Waals surface area contributed by atoms with Crippen LogP contribution in [0.25, 0.3) is 0 Å². The number of aromatic hydroxyl groups is 1. The van der Waals surface area contributed by atoms with Crippen molar-refractivity contribution in [3.05, 3.63) is 29.6 Å². The summed E-state index contributed by atoms with van der Waals surface area (Å²) in [5, 5.41) is 9.19. The minimum atomic E-state index is -0.671. The lowest BCUT2D eigenvalue weighted by atomic mass is 10.1. The Hall–Kier alpha value is -1.58. The van der Waals surface area contributed by atoms with Crippen LogP contribution in [0.1, 0.15) is 50.4 Å². The Kier molecular flexibility index (Phi) is 5.80. The molecule has 0 aromatic heterocycles. The minimum Gasteiger partial charge on any atom is -0.508 e. The van der Waals surface area contributed by atoms with E-state index in [4.69, 9.17) is 0 Å². The van der Waals surface area contributed by atoms with E-state index in [9.17, 15) is 14.3 Å². The van der Waals surface area contributed by atoms with Crippen LogP contribution < -0.4 is 0 Å². The molecule has 0 radical (unpaired) electrons. The first kappa shape index (κ1) is 15.5. The molecule has 0 spiro atoms. The van der Waals surface area contributed by atoms with Crippen LogP contribution in [-0.4, -0.2) is 28.5 Å². The summed E-state index contributed by atoms with van der Waals surface area (Å²) >= 11 is 0. The molecular weight excluding hydrogens is 245 g/mol. The van der Waals surface area contributed by atoms with E-state index in [1.807, 2.05) is 13.8 Å². The molecule has 106 valence electrons. The molecule has 1 aromatic rings. The molecule has 1 atom stereocenters. The smallest absolute Gasteiger partial charge is 0.257 e. The number of carbonyl (C=O) groups is 1. The average Bonchev–Trinajstić information content (AvgIpc) is 2.38. The molecule has 0 heterocycles. The zero-order valence-corrected chi connectivity index (χ0v) is 11.8. The van der Waals surface area contributed by atoms with Crippen molar-refractivity contribution in [1.29, 1.82) is 0 Å². The fraction of sp³-hybridized carbons (Fsp3) is 0.533. The van der Waals surface area contributed by atoms with Gasteiger partial charge in [-0.25, -0.2) is 4.39 Å². The molecule has 1 aromatic carbocycles. The normalized spacial score (nSPS) is 12.2. The second-order valence-electron chi connectivity index (χ2n) is 4.77. The predicted octanol–water partition coefficient (Wildman–Crippen LogP) is 3.57. The van der Waals surface area contributed by atoms with Gasteiger partial charge in [-0.1, -0.05) is 20.3 Å². The van der Waals surface area contributed by atoms with Gasteiger partial charge in [0, 0.05) is 18.7 Å². The molecule has 0 saturated heterocycles. The molecule has 0 fully saturated rings. The molecule has 0 aliphatic rings. The maximum Gasteiger partial charge on any atom is 0.257 e. The zero-order valence-electron chi connectivity index (χ0n) is 11.8. The number of carbonyl (C=O) groups excluding carboxylic acids is 1. The van der Waals surface area contributed by atoms with Gasteiger partial charge in [-0.15, -0.1) is 0 Å². The second kappa shape index (κ2) is 7.12. The van der Waals surface area contributed by atoms with Gasteiger partial charge < -0.3 is 10.0 Å². The van der Waals surface area contributed by atoms with Gasteiger partial charge in [0.15, 0.2) is 0 Å². The van der Waals surface area contributed by atoms with Crippen LogP contribution >= 0.6 is 0 Å². The summed E-state index contributed by atoms with van der Waals surface area (Å²) in [6, 6.07) is 3.73. The van der Waals surface area contributed by atoms with Gasteiger partial charge in [0.1, 0.15) is 11.6 Å². The number of phenols is 1. The van der Waals surface area contributed by atoms with Crippen LogP contribution in [0.5, 0.6) is 5.75 Å². The number of amides is 1. The van der Waals surface area contributed by atoms with Crippen LogP contribution in [0.15, 0.2) is 18.2 Å². The summed E-state index contributed by atoms with van der Waals surface area (Å²) in [5.41, 5.74) is 0.0224. The van der Waals surface area contributed by atoms with Gasteiger partial charge in [0.05, 0.1) is 5.56 Å². The highest BCUT2D eigenvalue weighted by Gasteiger charge is 2.22. The number of nitrogens with zero attached hydrogens (tertiary/aromatic N) is 1. The van der Waals surface area contributed by atoms with Crippen molar-refractivity contribution >= 4 is 5.91 Å². The van der Waals surface area contributed by atoms with E-state index < -0.39 is 5.82 Å².